The van der Waals surface area contributed by atoms with E-state index in [0.717, 1.165) is 16.7 Å². The number of hydrogen-bond donors (Lipinski definition) is 1. The molecule has 24 heavy (non-hydrogen) atoms. The number of likely N-dealkylation sites (tertiary alicyclic amines) is 1. The molecule has 0 radical (unpaired) electrons. The molecule has 1 N–H and O–H groups in total. The van der Waals surface area contributed by atoms with Gasteiger partial charge in [0.2, 0.25) is 11.8 Å². The summed E-state index contributed by atoms with van der Waals surface area (Å²) in [5.41, 5.74) is -1.55. The maximum atomic E-state index is 12.5. The fraction of sp³-hybridized carbons (Fsp3) is 0.667. The average Bonchev–Trinajstić information content (AvgIpc) is 2.94. The summed E-state index contributed by atoms with van der Waals surface area (Å²) in [5, 5.41) is 3.22. The van der Waals surface area contributed by atoms with Gasteiger partial charge in [-0.3, -0.25) is 9.59 Å². The monoisotopic (exact) mass is 363 g/mol. The second-order valence-electron chi connectivity index (χ2n) is 6.87. The Morgan fingerprint density at radius 3 is 2.54 bits per heavy atom. The molecule has 1 aromatic heterocycles. The maximum absolute atomic E-state index is 12.5. The van der Waals surface area contributed by atoms with E-state index in [0.29, 0.717) is 19.4 Å². The van der Waals surface area contributed by atoms with Crippen molar-refractivity contribution in [2.75, 3.05) is 18.4 Å². The highest BCUT2D eigenvalue weighted by atomic mass is 32.1. The van der Waals surface area contributed by atoms with Crippen LogP contribution in [0, 0.1) is 11.3 Å². The van der Waals surface area contributed by atoms with Gasteiger partial charge in [0.1, 0.15) is 0 Å². The molecule has 0 saturated carbocycles. The number of halogens is 3. The van der Waals surface area contributed by atoms with Gasteiger partial charge >= 0.3 is 6.18 Å². The number of aromatic nitrogens is 1. The predicted octanol–water partition coefficient (Wildman–Crippen LogP) is 3.39. The Morgan fingerprint density at radius 1 is 1.33 bits per heavy atom. The van der Waals surface area contributed by atoms with Gasteiger partial charge in [-0.2, -0.15) is 13.2 Å². The number of amides is 2. The molecule has 134 valence electrons. The number of alkyl halides is 3. The van der Waals surface area contributed by atoms with Crippen molar-refractivity contribution >= 4 is 28.3 Å². The number of carbonyl (C=O) groups excluding carboxylic acids is 2. The fourth-order valence-electron chi connectivity index (χ4n) is 2.52. The van der Waals surface area contributed by atoms with E-state index in [9.17, 15) is 22.8 Å². The highest BCUT2D eigenvalue weighted by molar-refractivity contribution is 7.13. The lowest BCUT2D eigenvalue weighted by atomic mass is 9.91. The summed E-state index contributed by atoms with van der Waals surface area (Å²) in [4.78, 5) is 29.6. The topological polar surface area (TPSA) is 62.3 Å². The zero-order valence-electron chi connectivity index (χ0n) is 13.7. The quantitative estimate of drug-likeness (QED) is 0.876. The Kier molecular flexibility index (Phi) is 5.22. The lowest BCUT2D eigenvalue weighted by molar-refractivity contribution is -0.142. The number of hydrogen-bond acceptors (Lipinski definition) is 4. The van der Waals surface area contributed by atoms with E-state index in [4.69, 9.17) is 0 Å². The van der Waals surface area contributed by atoms with Gasteiger partial charge in [-0.15, -0.1) is 11.3 Å². The van der Waals surface area contributed by atoms with Crippen LogP contribution in [0.25, 0.3) is 0 Å². The van der Waals surface area contributed by atoms with Crippen molar-refractivity contribution in [3.63, 3.8) is 0 Å². The number of piperidine rings is 1. The summed E-state index contributed by atoms with van der Waals surface area (Å²) in [6.45, 7) is 6.31. The smallest absolute Gasteiger partial charge is 0.341 e. The van der Waals surface area contributed by atoms with E-state index in [1.807, 2.05) is 20.8 Å². The summed E-state index contributed by atoms with van der Waals surface area (Å²) in [7, 11) is 0. The normalized spacial score (nSPS) is 19.2. The number of nitrogens with zero attached hydrogens (tertiary/aromatic N) is 2. The SMILES string of the molecule is CC(C)(C)C(=O)N1CCC[C@H](C(=O)Nc2nc(C(F)(F)F)cs2)C1. The Balaban J connectivity index is 1.99. The van der Waals surface area contributed by atoms with Crippen LogP contribution in [0.1, 0.15) is 39.3 Å². The van der Waals surface area contributed by atoms with Crippen molar-refractivity contribution in [3.05, 3.63) is 11.1 Å². The highest BCUT2D eigenvalue weighted by Gasteiger charge is 2.35. The predicted molar refractivity (Wildman–Crippen MR) is 84.5 cm³/mol. The molecule has 1 aliphatic rings. The van der Waals surface area contributed by atoms with Crippen LogP contribution < -0.4 is 5.32 Å². The van der Waals surface area contributed by atoms with Crippen molar-refractivity contribution in [2.45, 2.75) is 39.8 Å². The first-order chi connectivity index (χ1) is 11.0. The minimum Gasteiger partial charge on any atom is -0.341 e. The van der Waals surface area contributed by atoms with Crippen LogP contribution in [0.2, 0.25) is 0 Å². The lowest BCUT2D eigenvalue weighted by Crippen LogP contribution is -2.47. The number of thiazole rings is 1. The summed E-state index contributed by atoms with van der Waals surface area (Å²) >= 11 is 0.737. The Bertz CT molecular complexity index is 622. The van der Waals surface area contributed by atoms with Crippen LogP contribution in [-0.4, -0.2) is 34.8 Å². The number of nitrogens with one attached hydrogen (secondary N) is 1. The fourth-order valence-corrected chi connectivity index (χ4v) is 3.24. The summed E-state index contributed by atoms with van der Waals surface area (Å²) < 4.78 is 37.6. The van der Waals surface area contributed by atoms with Gasteiger partial charge in [0, 0.05) is 23.9 Å². The van der Waals surface area contributed by atoms with Crippen LogP contribution in [0.3, 0.4) is 0 Å². The Morgan fingerprint density at radius 2 is 2.00 bits per heavy atom. The third-order valence-electron chi connectivity index (χ3n) is 3.75. The summed E-state index contributed by atoms with van der Waals surface area (Å²) in [5.74, 6) is -0.874. The molecule has 0 spiro atoms. The Labute approximate surface area is 142 Å². The summed E-state index contributed by atoms with van der Waals surface area (Å²) in [6.07, 6.45) is -3.25. The van der Waals surface area contributed by atoms with Gasteiger partial charge in [-0.05, 0) is 12.8 Å². The third-order valence-corrected chi connectivity index (χ3v) is 4.50. The first-order valence-electron chi connectivity index (χ1n) is 7.61. The van der Waals surface area contributed by atoms with Crippen LogP contribution >= 0.6 is 11.3 Å². The molecule has 9 heteroatoms. The standard InChI is InChI=1S/C15H20F3N3O2S/c1-14(2,3)12(23)21-6-4-5-9(7-21)11(22)20-13-19-10(8-24-13)15(16,17)18/h8-9H,4-7H2,1-3H3,(H,19,20,22)/t9-/m0/s1. The average molecular weight is 363 g/mol. The van der Waals surface area contributed by atoms with Gasteiger partial charge in [0.05, 0.1) is 5.92 Å². The molecule has 2 amide bonds. The molecule has 1 atom stereocenters. The maximum Gasteiger partial charge on any atom is 0.434 e. The van der Waals surface area contributed by atoms with Crippen LogP contribution in [0.5, 0.6) is 0 Å². The van der Waals surface area contributed by atoms with E-state index in [-0.39, 0.29) is 17.6 Å². The van der Waals surface area contributed by atoms with Crippen molar-refractivity contribution < 1.29 is 22.8 Å². The molecule has 1 saturated heterocycles. The second kappa shape index (κ2) is 6.70. The molecule has 0 bridgehead atoms. The largest absolute Gasteiger partial charge is 0.434 e. The first kappa shape index (κ1) is 18.7. The van der Waals surface area contributed by atoms with Gasteiger partial charge in [0.15, 0.2) is 10.8 Å². The zero-order valence-corrected chi connectivity index (χ0v) is 14.6. The zero-order chi connectivity index (χ0) is 18.1. The molecule has 0 aromatic carbocycles. The van der Waals surface area contributed by atoms with Gasteiger partial charge in [0.25, 0.3) is 0 Å². The first-order valence-corrected chi connectivity index (χ1v) is 8.49. The third kappa shape index (κ3) is 4.46. The molecular weight excluding hydrogens is 343 g/mol. The van der Waals surface area contributed by atoms with Gasteiger partial charge < -0.3 is 10.2 Å². The number of anilines is 1. The van der Waals surface area contributed by atoms with Gasteiger partial charge in [-0.1, -0.05) is 20.8 Å². The van der Waals surface area contributed by atoms with Crippen LogP contribution in [0.4, 0.5) is 18.3 Å². The van der Waals surface area contributed by atoms with Crippen molar-refractivity contribution in [1.82, 2.24) is 9.88 Å². The van der Waals surface area contributed by atoms with E-state index in [1.54, 1.807) is 4.90 Å². The molecule has 2 heterocycles. The Hall–Kier alpha value is -1.64. The molecular formula is C15H20F3N3O2S. The van der Waals surface area contributed by atoms with E-state index >= 15 is 0 Å². The molecule has 5 nitrogen and oxygen atoms in total. The van der Waals surface area contributed by atoms with E-state index in [1.165, 1.54) is 0 Å². The van der Waals surface area contributed by atoms with E-state index < -0.39 is 29.1 Å². The number of rotatable bonds is 2. The highest BCUT2D eigenvalue weighted by Crippen LogP contribution is 2.32. The van der Waals surface area contributed by atoms with Crippen molar-refractivity contribution in [1.29, 1.82) is 0 Å². The molecule has 0 aliphatic carbocycles. The lowest BCUT2D eigenvalue weighted by Gasteiger charge is -2.35. The second-order valence-corrected chi connectivity index (χ2v) is 7.72. The van der Waals surface area contributed by atoms with Crippen LogP contribution in [0.15, 0.2) is 5.38 Å². The molecule has 1 aromatic rings. The molecule has 1 aliphatic heterocycles. The minimum atomic E-state index is -4.53. The van der Waals surface area contributed by atoms with Gasteiger partial charge in [-0.25, -0.2) is 4.98 Å². The molecule has 0 unspecified atom stereocenters. The van der Waals surface area contributed by atoms with Crippen LogP contribution in [-0.2, 0) is 15.8 Å². The van der Waals surface area contributed by atoms with Crippen molar-refractivity contribution in [2.24, 2.45) is 11.3 Å². The molecule has 2 rings (SSSR count). The minimum absolute atomic E-state index is 0.0337. The van der Waals surface area contributed by atoms with E-state index in [2.05, 4.69) is 10.3 Å². The van der Waals surface area contributed by atoms with Crippen molar-refractivity contribution in [3.8, 4) is 0 Å². The summed E-state index contributed by atoms with van der Waals surface area (Å²) in [6, 6.07) is 0. The number of carbonyl (C=O) groups is 2. The molecule has 1 fully saturated rings.